The first-order chi connectivity index (χ1) is 8.65. The van der Waals surface area contributed by atoms with E-state index in [4.69, 9.17) is 9.47 Å². The molecule has 0 aliphatic rings. The average Bonchev–Trinajstić information content (AvgIpc) is 2.38. The molecule has 1 atom stereocenters. The predicted molar refractivity (Wildman–Crippen MR) is 68.1 cm³/mol. The van der Waals surface area contributed by atoms with Crippen LogP contribution < -0.4 is 14.8 Å². The fraction of sp³-hybridized carbons (Fsp3) is 0.308. The van der Waals surface area contributed by atoms with Crippen LogP contribution in [0.2, 0.25) is 0 Å². The molecule has 5 nitrogen and oxygen atoms in total. The molecule has 98 valence electrons. The van der Waals surface area contributed by atoms with Gasteiger partial charge in [0.2, 0.25) is 0 Å². The second-order valence-corrected chi connectivity index (χ2v) is 3.55. The third-order valence-electron chi connectivity index (χ3n) is 2.46. The number of carboxylic acid groups (broad SMARTS) is 1. The number of benzene rings is 1. The van der Waals surface area contributed by atoms with Crippen LogP contribution in [0, 0.1) is 0 Å². The zero-order chi connectivity index (χ0) is 13.5. The van der Waals surface area contributed by atoms with E-state index in [1.54, 1.807) is 24.3 Å². The van der Waals surface area contributed by atoms with Gasteiger partial charge in [0.05, 0.1) is 14.2 Å². The van der Waals surface area contributed by atoms with Gasteiger partial charge in [0.25, 0.3) is 0 Å². The van der Waals surface area contributed by atoms with Crippen LogP contribution in [0.25, 0.3) is 0 Å². The predicted octanol–water partition coefficient (Wildman–Crippen LogP) is 1.61. The fourth-order valence-corrected chi connectivity index (χ4v) is 1.67. The minimum absolute atomic E-state index is 0.386. The average molecular weight is 251 g/mol. The summed E-state index contributed by atoms with van der Waals surface area (Å²) in [6.45, 7) is 3.94. The molecule has 1 unspecified atom stereocenters. The highest BCUT2D eigenvalue weighted by molar-refractivity contribution is 5.77. The summed E-state index contributed by atoms with van der Waals surface area (Å²) in [6.07, 6.45) is 1.60. The highest BCUT2D eigenvalue weighted by Gasteiger charge is 2.24. The minimum Gasteiger partial charge on any atom is -0.493 e. The molecule has 0 heterocycles. The number of aliphatic carboxylic acids is 1. The third-order valence-corrected chi connectivity index (χ3v) is 2.46. The van der Waals surface area contributed by atoms with E-state index in [1.165, 1.54) is 14.2 Å². The lowest BCUT2D eigenvalue weighted by Gasteiger charge is -2.18. The normalized spacial score (nSPS) is 11.7. The zero-order valence-electron chi connectivity index (χ0n) is 10.5. The van der Waals surface area contributed by atoms with Crippen LogP contribution in [-0.2, 0) is 4.79 Å². The van der Waals surface area contributed by atoms with Gasteiger partial charge in [-0.15, -0.1) is 6.58 Å². The Kier molecular flexibility index (Phi) is 5.20. The van der Waals surface area contributed by atoms with Crippen LogP contribution in [-0.4, -0.2) is 31.8 Å². The molecular weight excluding hydrogens is 234 g/mol. The number of carboxylic acids is 1. The van der Waals surface area contributed by atoms with Gasteiger partial charge in [-0.3, -0.25) is 10.1 Å². The summed E-state index contributed by atoms with van der Waals surface area (Å²) < 4.78 is 10.4. The van der Waals surface area contributed by atoms with E-state index < -0.39 is 12.0 Å². The van der Waals surface area contributed by atoms with Crippen molar-refractivity contribution in [1.82, 2.24) is 5.32 Å². The van der Waals surface area contributed by atoms with Crippen molar-refractivity contribution in [3.8, 4) is 11.5 Å². The van der Waals surface area contributed by atoms with Gasteiger partial charge in [-0.05, 0) is 6.07 Å². The second kappa shape index (κ2) is 6.66. The third kappa shape index (κ3) is 3.01. The SMILES string of the molecule is C=CCNC(C(=O)O)c1cccc(OC)c1OC. The number of nitrogens with one attached hydrogen (secondary N) is 1. The molecule has 0 saturated heterocycles. The quantitative estimate of drug-likeness (QED) is 0.720. The largest absolute Gasteiger partial charge is 0.493 e. The first-order valence-electron chi connectivity index (χ1n) is 5.43. The molecular formula is C13H17NO4. The number of methoxy groups -OCH3 is 2. The van der Waals surface area contributed by atoms with E-state index in [2.05, 4.69) is 11.9 Å². The first-order valence-corrected chi connectivity index (χ1v) is 5.43. The molecule has 1 rings (SSSR count). The van der Waals surface area contributed by atoms with Crippen molar-refractivity contribution in [3.05, 3.63) is 36.4 Å². The first kappa shape index (κ1) is 14.1. The van der Waals surface area contributed by atoms with Gasteiger partial charge in [0, 0.05) is 12.1 Å². The molecule has 0 aromatic heterocycles. The van der Waals surface area contributed by atoms with Crippen LogP contribution in [0.5, 0.6) is 11.5 Å². The van der Waals surface area contributed by atoms with Crippen molar-refractivity contribution in [2.75, 3.05) is 20.8 Å². The Labute approximate surface area is 106 Å². The molecule has 5 heteroatoms. The van der Waals surface area contributed by atoms with Gasteiger partial charge < -0.3 is 14.6 Å². The number of carbonyl (C=O) groups is 1. The van der Waals surface area contributed by atoms with E-state index in [-0.39, 0.29) is 0 Å². The standard InChI is InChI=1S/C13H17NO4/c1-4-8-14-11(13(15)16)9-6-5-7-10(17-2)12(9)18-3/h4-7,11,14H,1,8H2,2-3H3,(H,15,16). The lowest BCUT2D eigenvalue weighted by Crippen LogP contribution is -2.29. The molecule has 18 heavy (non-hydrogen) atoms. The fourth-order valence-electron chi connectivity index (χ4n) is 1.67. The molecule has 0 amide bonds. The van der Waals surface area contributed by atoms with Crippen LogP contribution in [0.1, 0.15) is 11.6 Å². The molecule has 1 aromatic rings. The summed E-state index contributed by atoms with van der Waals surface area (Å²) in [4.78, 5) is 11.3. The summed E-state index contributed by atoms with van der Waals surface area (Å²) in [7, 11) is 2.99. The van der Waals surface area contributed by atoms with E-state index in [0.717, 1.165) is 0 Å². The molecule has 2 N–H and O–H groups in total. The molecule has 0 fully saturated rings. The summed E-state index contributed by atoms with van der Waals surface area (Å²) in [5.74, 6) is -0.0611. The summed E-state index contributed by atoms with van der Waals surface area (Å²) in [5.41, 5.74) is 0.520. The van der Waals surface area contributed by atoms with Crippen molar-refractivity contribution >= 4 is 5.97 Å². The van der Waals surface area contributed by atoms with E-state index in [9.17, 15) is 9.90 Å². The number of hydrogen-bond acceptors (Lipinski definition) is 4. The highest BCUT2D eigenvalue weighted by Crippen LogP contribution is 2.34. The van der Waals surface area contributed by atoms with Crippen molar-refractivity contribution in [2.24, 2.45) is 0 Å². The molecule has 0 spiro atoms. The van der Waals surface area contributed by atoms with Crippen molar-refractivity contribution in [2.45, 2.75) is 6.04 Å². The molecule has 0 aliphatic heterocycles. The zero-order valence-corrected chi connectivity index (χ0v) is 10.5. The van der Waals surface area contributed by atoms with E-state index in [0.29, 0.717) is 23.6 Å². The molecule has 0 radical (unpaired) electrons. The Morgan fingerprint density at radius 3 is 2.72 bits per heavy atom. The van der Waals surface area contributed by atoms with Gasteiger partial charge in [-0.25, -0.2) is 0 Å². The topological polar surface area (TPSA) is 67.8 Å². The lowest BCUT2D eigenvalue weighted by atomic mass is 10.0. The monoisotopic (exact) mass is 251 g/mol. The summed E-state index contributed by atoms with van der Waals surface area (Å²) >= 11 is 0. The van der Waals surface area contributed by atoms with Crippen LogP contribution in [0.15, 0.2) is 30.9 Å². The van der Waals surface area contributed by atoms with Gasteiger partial charge in [-0.2, -0.15) is 0 Å². The second-order valence-electron chi connectivity index (χ2n) is 3.55. The van der Waals surface area contributed by atoms with Gasteiger partial charge in [-0.1, -0.05) is 18.2 Å². The maximum absolute atomic E-state index is 11.3. The van der Waals surface area contributed by atoms with E-state index in [1.807, 2.05) is 0 Å². The van der Waals surface area contributed by atoms with E-state index >= 15 is 0 Å². The Hall–Kier alpha value is -2.01. The van der Waals surface area contributed by atoms with Gasteiger partial charge >= 0.3 is 5.97 Å². The molecule has 0 aliphatic carbocycles. The number of ether oxygens (including phenoxy) is 2. The van der Waals surface area contributed by atoms with Crippen molar-refractivity contribution < 1.29 is 19.4 Å². The highest BCUT2D eigenvalue weighted by atomic mass is 16.5. The Morgan fingerprint density at radius 2 is 2.22 bits per heavy atom. The smallest absolute Gasteiger partial charge is 0.325 e. The minimum atomic E-state index is -0.983. The summed E-state index contributed by atoms with van der Waals surface area (Å²) in [6, 6.07) is 4.26. The van der Waals surface area contributed by atoms with Crippen LogP contribution in [0.4, 0.5) is 0 Å². The number of hydrogen-bond donors (Lipinski definition) is 2. The van der Waals surface area contributed by atoms with Crippen LogP contribution in [0.3, 0.4) is 0 Å². The molecule has 0 saturated carbocycles. The maximum Gasteiger partial charge on any atom is 0.325 e. The van der Waals surface area contributed by atoms with Gasteiger partial charge in [0.15, 0.2) is 11.5 Å². The number of rotatable bonds is 7. The maximum atomic E-state index is 11.3. The Morgan fingerprint density at radius 1 is 1.50 bits per heavy atom. The van der Waals surface area contributed by atoms with Crippen molar-refractivity contribution in [3.63, 3.8) is 0 Å². The Bertz CT molecular complexity index is 431. The summed E-state index contributed by atoms with van der Waals surface area (Å²) in [5, 5.41) is 12.1. The van der Waals surface area contributed by atoms with Gasteiger partial charge in [0.1, 0.15) is 6.04 Å². The van der Waals surface area contributed by atoms with Crippen LogP contribution >= 0.6 is 0 Å². The van der Waals surface area contributed by atoms with Crippen molar-refractivity contribution in [1.29, 1.82) is 0 Å². The lowest BCUT2D eigenvalue weighted by molar-refractivity contribution is -0.139. The Balaban J connectivity index is 3.18. The number of para-hydroxylation sites is 1. The molecule has 1 aromatic carbocycles. The molecule has 0 bridgehead atoms.